The maximum atomic E-state index is 13.1. The van der Waals surface area contributed by atoms with Crippen molar-refractivity contribution >= 4 is 11.9 Å². The van der Waals surface area contributed by atoms with Gasteiger partial charge in [-0.3, -0.25) is 9.69 Å². The molecule has 0 radical (unpaired) electrons. The second-order valence-corrected chi connectivity index (χ2v) is 7.56. The maximum Gasteiger partial charge on any atom is 0.324 e. The van der Waals surface area contributed by atoms with E-state index in [1.165, 1.54) is 10.5 Å². The Hall–Kier alpha value is -2.70. The average Bonchev–Trinajstić information content (AvgIpc) is 3.20. The first-order chi connectivity index (χ1) is 12.6. The summed E-state index contributed by atoms with van der Waals surface area (Å²) >= 11 is 0. The zero-order valence-electron chi connectivity index (χ0n) is 14.7. The number of aromatic nitrogens is 3. The minimum Gasteiger partial charge on any atom is -0.330 e. The second-order valence-electron chi connectivity index (χ2n) is 7.56. The van der Waals surface area contributed by atoms with Crippen LogP contribution < -0.4 is 5.32 Å². The monoisotopic (exact) mass is 351 g/mol. The molecule has 3 aliphatic rings. The number of benzene rings is 1. The molecule has 7 nitrogen and oxygen atoms in total. The summed E-state index contributed by atoms with van der Waals surface area (Å²) < 4.78 is 2.11. The Balaban J connectivity index is 1.35. The van der Waals surface area contributed by atoms with E-state index in [0.29, 0.717) is 13.0 Å². The Morgan fingerprint density at radius 2 is 2.08 bits per heavy atom. The van der Waals surface area contributed by atoms with Gasteiger partial charge in [0.2, 0.25) is 5.91 Å². The van der Waals surface area contributed by atoms with E-state index in [4.69, 9.17) is 0 Å². The molecular weight excluding hydrogens is 330 g/mol. The van der Waals surface area contributed by atoms with Gasteiger partial charge in [-0.2, -0.15) is 0 Å². The van der Waals surface area contributed by atoms with Crippen LogP contribution in [0.25, 0.3) is 0 Å². The summed E-state index contributed by atoms with van der Waals surface area (Å²) in [4.78, 5) is 27.1. The van der Waals surface area contributed by atoms with Crippen LogP contribution in [0.5, 0.6) is 0 Å². The van der Waals surface area contributed by atoms with Gasteiger partial charge in [-0.05, 0) is 36.8 Å². The quantitative estimate of drug-likeness (QED) is 0.891. The van der Waals surface area contributed by atoms with Crippen molar-refractivity contribution in [3.05, 3.63) is 47.0 Å². The smallest absolute Gasteiger partial charge is 0.324 e. The fraction of sp³-hybridized carbons (Fsp3) is 0.474. The molecule has 3 heterocycles. The molecule has 1 aliphatic carbocycles. The summed E-state index contributed by atoms with van der Waals surface area (Å²) in [5.41, 5.74) is 2.25. The zero-order chi connectivity index (χ0) is 17.8. The van der Waals surface area contributed by atoms with Gasteiger partial charge >= 0.3 is 6.03 Å². The van der Waals surface area contributed by atoms with E-state index in [1.807, 2.05) is 25.1 Å². The van der Waals surface area contributed by atoms with Crippen molar-refractivity contribution in [3.8, 4) is 0 Å². The van der Waals surface area contributed by atoms with Gasteiger partial charge in [0.05, 0.1) is 12.0 Å². The molecule has 0 saturated carbocycles. The normalized spacial score (nSPS) is 27.0. The number of aryl methyl sites for hydroxylation is 2. The van der Waals surface area contributed by atoms with Gasteiger partial charge in [0.25, 0.3) is 0 Å². The van der Waals surface area contributed by atoms with Crippen molar-refractivity contribution in [3.63, 3.8) is 0 Å². The number of rotatable bonds is 2. The summed E-state index contributed by atoms with van der Waals surface area (Å²) in [6, 6.07) is 7.57. The molecule has 1 fully saturated rings. The number of hydrogen-bond acceptors (Lipinski definition) is 4. The fourth-order valence-electron chi connectivity index (χ4n) is 4.62. The molecule has 1 N–H and O–H groups in total. The van der Waals surface area contributed by atoms with Gasteiger partial charge in [0.1, 0.15) is 11.6 Å². The van der Waals surface area contributed by atoms with E-state index >= 15 is 0 Å². The van der Waals surface area contributed by atoms with E-state index in [9.17, 15) is 9.59 Å². The summed E-state index contributed by atoms with van der Waals surface area (Å²) in [5.74, 6) is 1.92. The Bertz CT molecular complexity index is 905. The Labute approximate surface area is 151 Å². The lowest BCUT2D eigenvalue weighted by molar-refractivity contribution is -0.135. The number of nitrogens with zero attached hydrogens (tertiary/aromatic N) is 4. The lowest BCUT2D eigenvalue weighted by atomic mass is 9.94. The third-order valence-corrected chi connectivity index (χ3v) is 6.01. The Morgan fingerprint density at radius 3 is 2.96 bits per heavy atom. The highest BCUT2D eigenvalue weighted by atomic mass is 16.2. The SMILES string of the molecule is Cc1nnc2n1CC(CN1C(=O)N[C@H]3c4ccccc4C[C@H]3C1=O)CC2. The molecule has 0 bridgehead atoms. The van der Waals surface area contributed by atoms with E-state index in [2.05, 4.69) is 26.1 Å². The zero-order valence-corrected chi connectivity index (χ0v) is 14.7. The molecule has 3 amide bonds. The van der Waals surface area contributed by atoms with E-state index in [1.54, 1.807) is 0 Å². The van der Waals surface area contributed by atoms with Gasteiger partial charge in [-0.1, -0.05) is 24.3 Å². The van der Waals surface area contributed by atoms with Crippen LogP contribution in [0.1, 0.15) is 35.2 Å². The minimum atomic E-state index is -0.265. The fourth-order valence-corrected chi connectivity index (χ4v) is 4.62. The Kier molecular flexibility index (Phi) is 3.38. The molecule has 7 heteroatoms. The molecule has 5 rings (SSSR count). The van der Waals surface area contributed by atoms with Gasteiger partial charge in [-0.25, -0.2) is 4.79 Å². The molecule has 1 saturated heterocycles. The molecule has 2 aliphatic heterocycles. The maximum absolute atomic E-state index is 13.1. The summed E-state index contributed by atoms with van der Waals surface area (Å²) in [6.07, 6.45) is 2.46. The third kappa shape index (κ3) is 2.26. The van der Waals surface area contributed by atoms with Crippen molar-refractivity contribution in [2.45, 2.75) is 38.8 Å². The van der Waals surface area contributed by atoms with E-state index in [0.717, 1.165) is 36.6 Å². The van der Waals surface area contributed by atoms with Crippen molar-refractivity contribution < 1.29 is 9.59 Å². The van der Waals surface area contributed by atoms with Gasteiger partial charge in [0.15, 0.2) is 0 Å². The molecule has 3 atom stereocenters. The molecule has 1 aromatic heterocycles. The van der Waals surface area contributed by atoms with Gasteiger partial charge in [0, 0.05) is 19.5 Å². The first kappa shape index (κ1) is 15.5. The number of carbonyl (C=O) groups is 2. The predicted molar refractivity (Wildman–Crippen MR) is 93.2 cm³/mol. The number of hydrogen-bond donors (Lipinski definition) is 1. The van der Waals surface area contributed by atoms with Crippen LogP contribution in [0.3, 0.4) is 0 Å². The van der Waals surface area contributed by atoms with Crippen LogP contribution in [-0.4, -0.2) is 38.1 Å². The molecule has 134 valence electrons. The van der Waals surface area contributed by atoms with Crippen LogP contribution in [0.2, 0.25) is 0 Å². The summed E-state index contributed by atoms with van der Waals surface area (Å²) in [6.45, 7) is 3.17. The molecule has 2 aromatic rings. The number of carbonyl (C=O) groups excluding carboxylic acids is 2. The van der Waals surface area contributed by atoms with E-state index < -0.39 is 0 Å². The molecule has 1 aromatic carbocycles. The molecular formula is C19H21N5O2. The summed E-state index contributed by atoms with van der Waals surface area (Å²) in [5, 5.41) is 11.4. The number of amides is 3. The van der Waals surface area contributed by atoms with Crippen molar-refractivity contribution in [1.29, 1.82) is 0 Å². The largest absolute Gasteiger partial charge is 0.330 e. The van der Waals surface area contributed by atoms with Gasteiger partial charge < -0.3 is 9.88 Å². The van der Waals surface area contributed by atoms with Crippen LogP contribution in [0, 0.1) is 18.8 Å². The first-order valence-electron chi connectivity index (χ1n) is 9.20. The van der Waals surface area contributed by atoms with Crippen LogP contribution in [0.15, 0.2) is 24.3 Å². The first-order valence-corrected chi connectivity index (χ1v) is 9.20. The van der Waals surface area contributed by atoms with Crippen LogP contribution in [0.4, 0.5) is 4.79 Å². The number of fused-ring (bicyclic) bond motifs is 4. The third-order valence-electron chi connectivity index (χ3n) is 6.01. The predicted octanol–water partition coefficient (Wildman–Crippen LogP) is 1.61. The molecule has 26 heavy (non-hydrogen) atoms. The number of urea groups is 1. The van der Waals surface area contributed by atoms with E-state index in [-0.39, 0.29) is 29.8 Å². The Morgan fingerprint density at radius 1 is 1.23 bits per heavy atom. The minimum absolute atomic E-state index is 0.0405. The number of imide groups is 1. The van der Waals surface area contributed by atoms with Crippen molar-refractivity contribution in [2.75, 3.05) is 6.54 Å². The second kappa shape index (κ2) is 5.65. The topological polar surface area (TPSA) is 80.1 Å². The lowest BCUT2D eigenvalue weighted by Crippen LogP contribution is -2.56. The van der Waals surface area contributed by atoms with Crippen LogP contribution >= 0.6 is 0 Å². The van der Waals surface area contributed by atoms with Crippen molar-refractivity contribution in [1.82, 2.24) is 25.0 Å². The molecule has 1 unspecified atom stereocenters. The average molecular weight is 351 g/mol. The summed E-state index contributed by atoms with van der Waals surface area (Å²) in [7, 11) is 0. The highest BCUT2D eigenvalue weighted by Crippen LogP contribution is 2.39. The van der Waals surface area contributed by atoms with Gasteiger partial charge in [-0.15, -0.1) is 10.2 Å². The standard InChI is InChI=1S/C19H21N5O2/c1-11-21-22-16-7-6-12(9-23(11)16)10-24-18(25)15-8-13-4-2-3-5-14(13)17(15)20-19(24)26/h2-5,12,15,17H,6-10H2,1H3,(H,20,26)/t12?,15-,17+/m1/s1. The highest BCUT2D eigenvalue weighted by molar-refractivity contribution is 5.99. The van der Waals surface area contributed by atoms with Crippen molar-refractivity contribution in [2.24, 2.45) is 11.8 Å². The highest BCUT2D eigenvalue weighted by Gasteiger charge is 2.46. The molecule has 0 spiro atoms. The lowest BCUT2D eigenvalue weighted by Gasteiger charge is -2.37. The van der Waals surface area contributed by atoms with Crippen LogP contribution in [-0.2, 0) is 24.2 Å². The number of nitrogens with one attached hydrogen (secondary N) is 1.